The molecular formula is C6H8N2O2. The number of nitrogens with zero attached hydrogens (tertiary/aromatic N) is 1. The third kappa shape index (κ3) is 0.953. The van der Waals surface area contributed by atoms with Crippen LogP contribution in [0.1, 0.15) is 11.3 Å². The maximum absolute atomic E-state index is 8.23. The van der Waals surface area contributed by atoms with E-state index in [1.54, 1.807) is 6.07 Å². The van der Waals surface area contributed by atoms with Gasteiger partial charge in [0.15, 0.2) is 5.76 Å². The van der Waals surface area contributed by atoms with E-state index in [0.717, 1.165) is 5.56 Å². The molecule has 1 aromatic rings. The molecule has 3 N–H and O–H groups in total. The first-order valence-corrected chi connectivity index (χ1v) is 2.77. The van der Waals surface area contributed by atoms with Crippen LogP contribution in [0.25, 0.3) is 0 Å². The van der Waals surface area contributed by atoms with Crippen LogP contribution in [0.15, 0.2) is 21.9 Å². The summed E-state index contributed by atoms with van der Waals surface area (Å²) in [6.45, 7) is 1.82. The number of hydrogen-bond acceptors (Lipinski definition) is 3. The second kappa shape index (κ2) is 2.43. The Labute approximate surface area is 57.9 Å². The Morgan fingerprint density at radius 3 is 2.90 bits per heavy atom. The average molecular weight is 140 g/mol. The molecule has 0 aliphatic heterocycles. The highest BCUT2D eigenvalue weighted by atomic mass is 16.4. The van der Waals surface area contributed by atoms with E-state index in [9.17, 15) is 0 Å². The quantitative estimate of drug-likeness (QED) is 0.261. The molecule has 0 aliphatic rings. The lowest BCUT2D eigenvalue weighted by atomic mass is 10.3. The van der Waals surface area contributed by atoms with Crippen LogP contribution in [-0.2, 0) is 0 Å². The van der Waals surface area contributed by atoms with Gasteiger partial charge in [-0.15, -0.1) is 0 Å². The predicted molar refractivity (Wildman–Crippen MR) is 36.0 cm³/mol. The van der Waals surface area contributed by atoms with Crippen molar-refractivity contribution in [2.24, 2.45) is 10.9 Å². The van der Waals surface area contributed by atoms with Gasteiger partial charge >= 0.3 is 0 Å². The van der Waals surface area contributed by atoms with Crippen LogP contribution < -0.4 is 5.73 Å². The first kappa shape index (κ1) is 6.67. The minimum Gasteiger partial charge on any atom is -0.461 e. The van der Waals surface area contributed by atoms with E-state index in [2.05, 4.69) is 5.16 Å². The fourth-order valence-corrected chi connectivity index (χ4v) is 0.681. The van der Waals surface area contributed by atoms with Gasteiger partial charge in [-0.2, -0.15) is 0 Å². The molecule has 0 aliphatic carbocycles. The largest absolute Gasteiger partial charge is 0.461 e. The Bertz CT molecular complexity index is 252. The summed E-state index contributed by atoms with van der Waals surface area (Å²) < 4.78 is 4.90. The normalized spacial score (nSPS) is 11.9. The van der Waals surface area contributed by atoms with Gasteiger partial charge in [-0.1, -0.05) is 5.16 Å². The summed E-state index contributed by atoms with van der Waals surface area (Å²) in [6.07, 6.45) is 1.49. The van der Waals surface area contributed by atoms with Crippen molar-refractivity contribution in [2.45, 2.75) is 6.92 Å². The van der Waals surface area contributed by atoms with Crippen LogP contribution >= 0.6 is 0 Å². The van der Waals surface area contributed by atoms with E-state index in [1.165, 1.54) is 6.26 Å². The molecule has 0 atom stereocenters. The predicted octanol–water partition coefficient (Wildman–Crippen LogP) is 0.683. The number of furan rings is 1. The van der Waals surface area contributed by atoms with E-state index in [-0.39, 0.29) is 5.84 Å². The zero-order chi connectivity index (χ0) is 7.56. The van der Waals surface area contributed by atoms with Crippen LogP contribution in [0, 0.1) is 6.92 Å². The first-order chi connectivity index (χ1) is 4.75. The second-order valence-corrected chi connectivity index (χ2v) is 1.92. The van der Waals surface area contributed by atoms with Crippen LogP contribution in [0.3, 0.4) is 0 Å². The smallest absolute Gasteiger partial charge is 0.206 e. The molecule has 0 saturated carbocycles. The summed E-state index contributed by atoms with van der Waals surface area (Å²) in [6, 6.07) is 1.74. The van der Waals surface area contributed by atoms with Gasteiger partial charge in [-0.05, 0) is 18.6 Å². The number of oxime groups is 1. The summed E-state index contributed by atoms with van der Waals surface area (Å²) in [7, 11) is 0. The fraction of sp³-hybridized carbons (Fsp3) is 0.167. The third-order valence-electron chi connectivity index (χ3n) is 1.20. The van der Waals surface area contributed by atoms with Crippen molar-refractivity contribution < 1.29 is 9.62 Å². The SMILES string of the molecule is Cc1ccoc1/C(N)=N/O. The maximum atomic E-state index is 8.23. The van der Waals surface area contributed by atoms with Crippen molar-refractivity contribution in [2.75, 3.05) is 0 Å². The van der Waals surface area contributed by atoms with E-state index >= 15 is 0 Å². The summed E-state index contributed by atoms with van der Waals surface area (Å²) in [4.78, 5) is 0. The van der Waals surface area contributed by atoms with Crippen LogP contribution in [0.2, 0.25) is 0 Å². The van der Waals surface area contributed by atoms with Gasteiger partial charge in [0.25, 0.3) is 0 Å². The lowest BCUT2D eigenvalue weighted by Gasteiger charge is -1.91. The van der Waals surface area contributed by atoms with Crippen LogP contribution in [0.4, 0.5) is 0 Å². The number of rotatable bonds is 1. The zero-order valence-corrected chi connectivity index (χ0v) is 5.53. The van der Waals surface area contributed by atoms with Crippen molar-refractivity contribution in [1.29, 1.82) is 0 Å². The van der Waals surface area contributed by atoms with Crippen LogP contribution in [0.5, 0.6) is 0 Å². The molecule has 0 spiro atoms. The molecule has 0 radical (unpaired) electrons. The Balaban J connectivity index is 3.05. The van der Waals surface area contributed by atoms with Gasteiger partial charge in [-0.3, -0.25) is 0 Å². The van der Waals surface area contributed by atoms with Gasteiger partial charge < -0.3 is 15.4 Å². The Morgan fingerprint density at radius 1 is 1.80 bits per heavy atom. The number of amidine groups is 1. The molecule has 1 heterocycles. The van der Waals surface area contributed by atoms with Crippen molar-refractivity contribution >= 4 is 5.84 Å². The molecule has 1 aromatic heterocycles. The Morgan fingerprint density at radius 2 is 2.50 bits per heavy atom. The maximum Gasteiger partial charge on any atom is 0.206 e. The minimum absolute atomic E-state index is 0.00231. The average Bonchev–Trinajstić information content (AvgIpc) is 2.34. The van der Waals surface area contributed by atoms with E-state index < -0.39 is 0 Å². The van der Waals surface area contributed by atoms with Crippen LogP contribution in [-0.4, -0.2) is 11.0 Å². The number of aryl methyl sites for hydroxylation is 1. The van der Waals surface area contributed by atoms with Gasteiger partial charge in [0.2, 0.25) is 5.84 Å². The van der Waals surface area contributed by atoms with E-state index in [4.69, 9.17) is 15.4 Å². The fourth-order valence-electron chi connectivity index (χ4n) is 0.681. The molecular weight excluding hydrogens is 132 g/mol. The lowest BCUT2D eigenvalue weighted by molar-refractivity contribution is 0.317. The summed E-state index contributed by atoms with van der Waals surface area (Å²) in [5.74, 6) is 0.421. The molecule has 4 heteroatoms. The standard InChI is InChI=1S/C6H8N2O2/c1-4-2-3-10-5(4)6(7)8-9/h2-3,9H,1H3,(H2,7,8). The molecule has 0 bridgehead atoms. The van der Waals surface area contributed by atoms with Gasteiger partial charge in [0.1, 0.15) is 0 Å². The molecule has 0 amide bonds. The first-order valence-electron chi connectivity index (χ1n) is 2.77. The Hall–Kier alpha value is -1.45. The second-order valence-electron chi connectivity index (χ2n) is 1.92. The van der Waals surface area contributed by atoms with Crippen molar-refractivity contribution in [1.82, 2.24) is 0 Å². The van der Waals surface area contributed by atoms with E-state index in [1.807, 2.05) is 6.92 Å². The number of hydrogen-bond donors (Lipinski definition) is 2. The van der Waals surface area contributed by atoms with Gasteiger partial charge in [-0.25, -0.2) is 0 Å². The number of nitrogens with two attached hydrogens (primary N) is 1. The molecule has 0 fully saturated rings. The highest BCUT2D eigenvalue weighted by molar-refractivity contribution is 5.95. The van der Waals surface area contributed by atoms with Crippen molar-refractivity contribution in [3.63, 3.8) is 0 Å². The highest BCUT2D eigenvalue weighted by Gasteiger charge is 2.05. The minimum atomic E-state index is 0.00231. The molecule has 10 heavy (non-hydrogen) atoms. The molecule has 0 aromatic carbocycles. The molecule has 4 nitrogen and oxygen atoms in total. The molecule has 0 unspecified atom stereocenters. The molecule has 1 rings (SSSR count). The van der Waals surface area contributed by atoms with Gasteiger partial charge in [0.05, 0.1) is 6.26 Å². The highest BCUT2D eigenvalue weighted by Crippen LogP contribution is 2.07. The molecule has 54 valence electrons. The van der Waals surface area contributed by atoms with Crippen molar-refractivity contribution in [3.8, 4) is 0 Å². The van der Waals surface area contributed by atoms with Crippen molar-refractivity contribution in [3.05, 3.63) is 23.7 Å². The monoisotopic (exact) mass is 140 g/mol. The summed E-state index contributed by atoms with van der Waals surface area (Å²) in [5.41, 5.74) is 6.10. The van der Waals surface area contributed by atoms with E-state index in [0.29, 0.717) is 5.76 Å². The summed E-state index contributed by atoms with van der Waals surface area (Å²) >= 11 is 0. The Kier molecular flexibility index (Phi) is 1.62. The lowest BCUT2D eigenvalue weighted by Crippen LogP contribution is -2.12. The summed E-state index contributed by atoms with van der Waals surface area (Å²) in [5, 5.41) is 11.0. The third-order valence-corrected chi connectivity index (χ3v) is 1.20. The molecule has 0 saturated heterocycles. The van der Waals surface area contributed by atoms with Gasteiger partial charge in [0, 0.05) is 0 Å². The topological polar surface area (TPSA) is 71.8 Å². The zero-order valence-electron chi connectivity index (χ0n) is 5.53.